The third-order valence-corrected chi connectivity index (χ3v) is 3.69. The molecule has 0 N–H and O–H groups in total. The highest BCUT2D eigenvalue weighted by Gasteiger charge is 2.21. The van der Waals surface area contributed by atoms with Crippen molar-refractivity contribution in [3.63, 3.8) is 0 Å². The van der Waals surface area contributed by atoms with Crippen LogP contribution in [0.1, 0.15) is 27.2 Å². The summed E-state index contributed by atoms with van der Waals surface area (Å²) in [7, 11) is 0. The second-order valence-corrected chi connectivity index (χ2v) is 4.97. The second-order valence-electron chi connectivity index (χ2n) is 4.97. The van der Waals surface area contributed by atoms with Crippen molar-refractivity contribution in [3.8, 4) is 0 Å². The zero-order valence-corrected chi connectivity index (χ0v) is 12.7. The van der Waals surface area contributed by atoms with Gasteiger partial charge >= 0.3 is 6.09 Å². The number of nitrogens with zero attached hydrogens (tertiary/aromatic N) is 3. The zero-order chi connectivity index (χ0) is 14.1. The smallest absolute Gasteiger partial charge is 0.409 e. The number of ether oxygens (including phenoxy) is 1. The van der Waals surface area contributed by atoms with Crippen molar-refractivity contribution < 1.29 is 9.53 Å². The van der Waals surface area contributed by atoms with Crippen molar-refractivity contribution in [2.75, 3.05) is 59.0 Å². The van der Waals surface area contributed by atoms with Gasteiger partial charge in [0, 0.05) is 39.3 Å². The van der Waals surface area contributed by atoms with Crippen LogP contribution in [0.2, 0.25) is 0 Å². The van der Waals surface area contributed by atoms with Crippen molar-refractivity contribution in [3.05, 3.63) is 0 Å². The SMILES string of the molecule is CCCOC(=O)N1CCN(CCN(CC)CC)CC1. The maximum atomic E-state index is 11.7. The van der Waals surface area contributed by atoms with Crippen LogP contribution in [0.25, 0.3) is 0 Å². The first-order chi connectivity index (χ1) is 9.21. The number of likely N-dealkylation sites (N-methyl/N-ethyl adjacent to an activating group) is 1. The molecule has 5 heteroatoms. The quantitative estimate of drug-likeness (QED) is 0.703. The van der Waals surface area contributed by atoms with E-state index in [0.29, 0.717) is 6.61 Å². The Labute approximate surface area is 117 Å². The highest BCUT2D eigenvalue weighted by Crippen LogP contribution is 2.04. The van der Waals surface area contributed by atoms with E-state index in [1.54, 1.807) is 0 Å². The predicted molar refractivity (Wildman–Crippen MR) is 77.4 cm³/mol. The molecule has 1 aliphatic heterocycles. The van der Waals surface area contributed by atoms with E-state index < -0.39 is 0 Å². The van der Waals surface area contributed by atoms with E-state index in [-0.39, 0.29) is 6.09 Å². The zero-order valence-electron chi connectivity index (χ0n) is 12.7. The Bertz CT molecular complexity index is 249. The summed E-state index contributed by atoms with van der Waals surface area (Å²) in [6.45, 7) is 14.9. The monoisotopic (exact) mass is 271 g/mol. The van der Waals surface area contributed by atoms with Gasteiger partial charge < -0.3 is 14.5 Å². The molecule has 0 bridgehead atoms. The number of piperazine rings is 1. The fourth-order valence-corrected chi connectivity index (χ4v) is 2.26. The van der Waals surface area contributed by atoms with Gasteiger partial charge in [-0.25, -0.2) is 4.79 Å². The third-order valence-electron chi connectivity index (χ3n) is 3.69. The molecule has 0 radical (unpaired) electrons. The average molecular weight is 271 g/mol. The van der Waals surface area contributed by atoms with Crippen molar-refractivity contribution in [1.82, 2.24) is 14.7 Å². The molecule has 1 saturated heterocycles. The minimum absolute atomic E-state index is 0.148. The molecule has 1 heterocycles. The summed E-state index contributed by atoms with van der Waals surface area (Å²) in [4.78, 5) is 18.4. The van der Waals surface area contributed by atoms with Gasteiger partial charge in [-0.1, -0.05) is 20.8 Å². The summed E-state index contributed by atoms with van der Waals surface area (Å²) in [5.74, 6) is 0. The van der Waals surface area contributed by atoms with E-state index in [0.717, 1.165) is 58.8 Å². The lowest BCUT2D eigenvalue weighted by Gasteiger charge is -2.35. The largest absolute Gasteiger partial charge is 0.449 e. The first kappa shape index (κ1) is 16.2. The summed E-state index contributed by atoms with van der Waals surface area (Å²) >= 11 is 0. The molecule has 0 spiro atoms. The summed E-state index contributed by atoms with van der Waals surface area (Å²) in [5.41, 5.74) is 0. The Hall–Kier alpha value is -0.810. The normalized spacial score (nSPS) is 16.9. The number of rotatable bonds is 7. The van der Waals surface area contributed by atoms with E-state index in [4.69, 9.17) is 4.74 Å². The lowest BCUT2D eigenvalue weighted by atomic mass is 10.3. The molecular formula is C14H29N3O2. The van der Waals surface area contributed by atoms with Crippen LogP contribution in [0.15, 0.2) is 0 Å². The van der Waals surface area contributed by atoms with E-state index in [1.165, 1.54) is 0 Å². The Morgan fingerprint density at radius 2 is 1.74 bits per heavy atom. The number of hydrogen-bond donors (Lipinski definition) is 0. The summed E-state index contributed by atoms with van der Waals surface area (Å²) in [6, 6.07) is 0. The highest BCUT2D eigenvalue weighted by atomic mass is 16.6. The van der Waals surface area contributed by atoms with Crippen LogP contribution < -0.4 is 0 Å². The van der Waals surface area contributed by atoms with Gasteiger partial charge in [0.15, 0.2) is 0 Å². The number of carbonyl (C=O) groups is 1. The van der Waals surface area contributed by atoms with Crippen LogP contribution in [-0.2, 0) is 4.74 Å². The standard InChI is InChI=1S/C14H29N3O2/c1-4-13-19-14(18)17-11-9-16(10-12-17)8-7-15(5-2)6-3/h4-13H2,1-3H3. The van der Waals surface area contributed by atoms with Crippen LogP contribution in [0.4, 0.5) is 4.79 Å². The van der Waals surface area contributed by atoms with Crippen molar-refractivity contribution >= 4 is 6.09 Å². The molecule has 0 atom stereocenters. The minimum atomic E-state index is -0.148. The molecular weight excluding hydrogens is 242 g/mol. The summed E-state index contributed by atoms with van der Waals surface area (Å²) < 4.78 is 5.16. The minimum Gasteiger partial charge on any atom is -0.449 e. The maximum absolute atomic E-state index is 11.7. The molecule has 0 aromatic rings. The van der Waals surface area contributed by atoms with Crippen LogP contribution >= 0.6 is 0 Å². The number of carbonyl (C=O) groups excluding carboxylic acids is 1. The fourth-order valence-electron chi connectivity index (χ4n) is 2.26. The molecule has 1 fully saturated rings. The predicted octanol–water partition coefficient (Wildman–Crippen LogP) is 1.49. The third kappa shape index (κ3) is 5.78. The van der Waals surface area contributed by atoms with Crippen molar-refractivity contribution in [2.24, 2.45) is 0 Å². The molecule has 0 aromatic heterocycles. The van der Waals surface area contributed by atoms with Crippen LogP contribution in [0.5, 0.6) is 0 Å². The van der Waals surface area contributed by atoms with Gasteiger partial charge in [0.2, 0.25) is 0 Å². The van der Waals surface area contributed by atoms with E-state index >= 15 is 0 Å². The molecule has 19 heavy (non-hydrogen) atoms. The van der Waals surface area contributed by atoms with Gasteiger partial charge in [-0.05, 0) is 19.5 Å². The first-order valence-electron chi connectivity index (χ1n) is 7.57. The second kappa shape index (κ2) is 9.15. The van der Waals surface area contributed by atoms with Crippen molar-refractivity contribution in [2.45, 2.75) is 27.2 Å². The molecule has 0 saturated carbocycles. The average Bonchev–Trinajstić information content (AvgIpc) is 2.46. The summed E-state index contributed by atoms with van der Waals surface area (Å²) in [5, 5.41) is 0. The van der Waals surface area contributed by atoms with E-state index in [2.05, 4.69) is 23.6 Å². The molecule has 112 valence electrons. The molecule has 5 nitrogen and oxygen atoms in total. The van der Waals surface area contributed by atoms with Crippen LogP contribution in [0.3, 0.4) is 0 Å². The molecule has 0 unspecified atom stereocenters. The van der Waals surface area contributed by atoms with Gasteiger partial charge in [0.1, 0.15) is 0 Å². The topological polar surface area (TPSA) is 36.0 Å². The fraction of sp³-hybridized carbons (Fsp3) is 0.929. The molecule has 0 aliphatic carbocycles. The van der Waals surface area contributed by atoms with Gasteiger partial charge in [-0.3, -0.25) is 4.90 Å². The lowest BCUT2D eigenvalue weighted by molar-refractivity contribution is 0.0737. The molecule has 1 rings (SSSR count). The number of hydrogen-bond acceptors (Lipinski definition) is 4. The Morgan fingerprint density at radius 1 is 1.11 bits per heavy atom. The first-order valence-corrected chi connectivity index (χ1v) is 7.57. The Morgan fingerprint density at radius 3 is 2.26 bits per heavy atom. The Balaban J connectivity index is 2.19. The van der Waals surface area contributed by atoms with Crippen LogP contribution in [-0.4, -0.2) is 79.8 Å². The summed E-state index contributed by atoms with van der Waals surface area (Å²) in [6.07, 6.45) is 0.737. The maximum Gasteiger partial charge on any atom is 0.409 e. The lowest BCUT2D eigenvalue weighted by Crippen LogP contribution is -2.50. The molecule has 1 aliphatic rings. The van der Waals surface area contributed by atoms with Crippen LogP contribution in [0, 0.1) is 0 Å². The van der Waals surface area contributed by atoms with Gasteiger partial charge in [0.05, 0.1) is 6.61 Å². The van der Waals surface area contributed by atoms with E-state index in [9.17, 15) is 4.79 Å². The van der Waals surface area contributed by atoms with E-state index in [1.807, 2.05) is 11.8 Å². The van der Waals surface area contributed by atoms with Gasteiger partial charge in [-0.15, -0.1) is 0 Å². The molecule has 1 amide bonds. The highest BCUT2D eigenvalue weighted by molar-refractivity contribution is 5.67. The Kier molecular flexibility index (Phi) is 7.82. The van der Waals surface area contributed by atoms with Gasteiger partial charge in [0.25, 0.3) is 0 Å². The van der Waals surface area contributed by atoms with Gasteiger partial charge in [-0.2, -0.15) is 0 Å². The number of amides is 1. The molecule has 0 aromatic carbocycles. The van der Waals surface area contributed by atoms with Crippen molar-refractivity contribution in [1.29, 1.82) is 0 Å².